The van der Waals surface area contributed by atoms with E-state index in [0.717, 1.165) is 30.3 Å². The summed E-state index contributed by atoms with van der Waals surface area (Å²) in [4.78, 5) is 7.01. The molecule has 6 heteroatoms. The fraction of sp³-hybridized carbons (Fsp3) is 0.500. The third kappa shape index (κ3) is 3.27. The van der Waals surface area contributed by atoms with Gasteiger partial charge in [-0.05, 0) is 18.4 Å². The molecule has 108 valence electrons. The van der Waals surface area contributed by atoms with E-state index in [1.165, 1.54) is 5.56 Å². The first-order chi connectivity index (χ1) is 9.74. The van der Waals surface area contributed by atoms with Crippen LogP contribution in [0.2, 0.25) is 0 Å². The van der Waals surface area contributed by atoms with Crippen molar-refractivity contribution in [2.45, 2.75) is 25.7 Å². The molecule has 0 saturated carbocycles. The number of hydrogen-bond donors (Lipinski definition) is 1. The third-order valence-corrected chi connectivity index (χ3v) is 4.93. The maximum Gasteiger partial charge on any atom is 0.124 e. The fourth-order valence-electron chi connectivity index (χ4n) is 2.50. The molecule has 1 N–H and O–H groups in total. The van der Waals surface area contributed by atoms with Crippen molar-refractivity contribution in [3.63, 3.8) is 0 Å². The summed E-state index contributed by atoms with van der Waals surface area (Å²) in [5, 5.41) is 16.7. The molecule has 3 rings (SSSR count). The summed E-state index contributed by atoms with van der Waals surface area (Å²) in [5.74, 6) is 0. The van der Waals surface area contributed by atoms with E-state index in [2.05, 4.69) is 27.1 Å². The predicted molar refractivity (Wildman–Crippen MR) is 82.1 cm³/mol. The Morgan fingerprint density at radius 3 is 3.10 bits per heavy atom. The molecule has 1 aliphatic heterocycles. The molecule has 0 aromatic carbocycles. The van der Waals surface area contributed by atoms with E-state index in [-0.39, 0.29) is 18.8 Å². The summed E-state index contributed by atoms with van der Waals surface area (Å²) < 4.78 is 5.66. The van der Waals surface area contributed by atoms with Gasteiger partial charge in [0.05, 0.1) is 24.5 Å². The molecule has 2 aromatic heterocycles. The number of thiazole rings is 1. The van der Waals surface area contributed by atoms with Gasteiger partial charge in [0.25, 0.3) is 0 Å². The first kappa shape index (κ1) is 14.2. The van der Waals surface area contributed by atoms with Gasteiger partial charge in [-0.1, -0.05) is 0 Å². The topological polar surface area (TPSA) is 45.6 Å². The Balaban J connectivity index is 1.66. The number of aliphatic hydroxyl groups excluding tert-OH is 1. The summed E-state index contributed by atoms with van der Waals surface area (Å²) >= 11 is 3.39. The van der Waals surface area contributed by atoms with E-state index in [4.69, 9.17) is 9.72 Å². The van der Waals surface area contributed by atoms with Crippen LogP contribution in [0, 0.1) is 0 Å². The molecule has 0 amide bonds. The van der Waals surface area contributed by atoms with Crippen LogP contribution in [0.1, 0.15) is 12.6 Å². The Labute approximate surface area is 126 Å². The molecule has 0 aliphatic carbocycles. The van der Waals surface area contributed by atoms with Crippen molar-refractivity contribution < 1.29 is 9.84 Å². The molecule has 1 fully saturated rings. The molecule has 1 saturated heterocycles. The minimum Gasteiger partial charge on any atom is -0.394 e. The van der Waals surface area contributed by atoms with Crippen LogP contribution in [0.5, 0.6) is 0 Å². The molecule has 2 unspecified atom stereocenters. The predicted octanol–water partition coefficient (Wildman–Crippen LogP) is 2.45. The van der Waals surface area contributed by atoms with Gasteiger partial charge in [0, 0.05) is 36.0 Å². The third-order valence-electron chi connectivity index (χ3n) is 3.31. The zero-order valence-corrected chi connectivity index (χ0v) is 13.0. The lowest BCUT2D eigenvalue weighted by Gasteiger charge is -2.35. The van der Waals surface area contributed by atoms with Crippen molar-refractivity contribution >= 4 is 22.7 Å². The lowest BCUT2D eigenvalue weighted by Crippen LogP contribution is -2.47. The highest BCUT2D eigenvalue weighted by Gasteiger charge is 2.25. The van der Waals surface area contributed by atoms with Gasteiger partial charge in [0.2, 0.25) is 0 Å². The van der Waals surface area contributed by atoms with Gasteiger partial charge < -0.3 is 9.84 Å². The molecule has 0 spiro atoms. The van der Waals surface area contributed by atoms with Crippen LogP contribution in [0.25, 0.3) is 10.6 Å². The highest BCUT2D eigenvalue weighted by Crippen LogP contribution is 2.26. The standard InChI is InChI=1S/C14H18N2O2S2/c1-10-4-16(6-13(7-17)18-10)5-12-9-20-14(15-12)11-2-3-19-8-11/h2-3,8-10,13,17H,4-7H2,1H3. The average molecular weight is 310 g/mol. The number of nitrogens with zero attached hydrogens (tertiary/aromatic N) is 2. The summed E-state index contributed by atoms with van der Waals surface area (Å²) in [5.41, 5.74) is 2.30. The van der Waals surface area contributed by atoms with Crippen molar-refractivity contribution in [1.29, 1.82) is 0 Å². The summed E-state index contributed by atoms with van der Waals surface area (Å²) in [6.07, 6.45) is 0.0876. The van der Waals surface area contributed by atoms with Gasteiger partial charge in [-0.25, -0.2) is 4.98 Å². The van der Waals surface area contributed by atoms with Gasteiger partial charge in [-0.15, -0.1) is 11.3 Å². The largest absolute Gasteiger partial charge is 0.394 e. The number of morpholine rings is 1. The van der Waals surface area contributed by atoms with Gasteiger partial charge in [-0.2, -0.15) is 11.3 Å². The van der Waals surface area contributed by atoms with Crippen molar-refractivity contribution in [3.05, 3.63) is 27.9 Å². The van der Waals surface area contributed by atoms with E-state index in [1.54, 1.807) is 22.7 Å². The van der Waals surface area contributed by atoms with Crippen LogP contribution in [0.3, 0.4) is 0 Å². The first-order valence-electron chi connectivity index (χ1n) is 6.70. The number of rotatable bonds is 4. The molecule has 3 heterocycles. The normalized spacial score (nSPS) is 24.1. The molecule has 2 aromatic rings. The van der Waals surface area contributed by atoms with Gasteiger partial charge >= 0.3 is 0 Å². The second-order valence-corrected chi connectivity index (χ2v) is 6.74. The maximum absolute atomic E-state index is 9.26. The van der Waals surface area contributed by atoms with E-state index in [0.29, 0.717) is 0 Å². The van der Waals surface area contributed by atoms with Crippen molar-refractivity contribution in [2.75, 3.05) is 19.7 Å². The smallest absolute Gasteiger partial charge is 0.124 e. The van der Waals surface area contributed by atoms with E-state index in [9.17, 15) is 5.11 Å². The van der Waals surface area contributed by atoms with Crippen LogP contribution in [-0.4, -0.2) is 46.9 Å². The van der Waals surface area contributed by atoms with E-state index in [1.807, 2.05) is 6.92 Å². The van der Waals surface area contributed by atoms with Crippen LogP contribution in [0.15, 0.2) is 22.2 Å². The number of thiophene rings is 1. The summed E-state index contributed by atoms with van der Waals surface area (Å²) in [6.45, 7) is 4.61. The Morgan fingerprint density at radius 1 is 1.45 bits per heavy atom. The minimum absolute atomic E-state index is 0.0753. The maximum atomic E-state index is 9.26. The molecule has 4 nitrogen and oxygen atoms in total. The zero-order chi connectivity index (χ0) is 13.9. The van der Waals surface area contributed by atoms with Crippen molar-refractivity contribution in [1.82, 2.24) is 9.88 Å². The SMILES string of the molecule is CC1CN(Cc2csc(-c3ccsc3)n2)CC(CO)O1. The van der Waals surface area contributed by atoms with Gasteiger partial charge in [-0.3, -0.25) is 4.90 Å². The summed E-state index contributed by atoms with van der Waals surface area (Å²) in [7, 11) is 0. The average Bonchev–Trinajstić information content (AvgIpc) is 3.08. The monoisotopic (exact) mass is 310 g/mol. The lowest BCUT2D eigenvalue weighted by molar-refractivity contribution is -0.0974. The van der Waals surface area contributed by atoms with Gasteiger partial charge in [0.1, 0.15) is 5.01 Å². The molecular formula is C14H18N2O2S2. The van der Waals surface area contributed by atoms with Crippen molar-refractivity contribution in [2.24, 2.45) is 0 Å². The van der Waals surface area contributed by atoms with Crippen LogP contribution in [-0.2, 0) is 11.3 Å². The Kier molecular flexibility index (Phi) is 4.48. The first-order valence-corrected chi connectivity index (χ1v) is 8.52. The zero-order valence-electron chi connectivity index (χ0n) is 11.4. The van der Waals surface area contributed by atoms with E-state index < -0.39 is 0 Å². The molecular weight excluding hydrogens is 292 g/mol. The Bertz CT molecular complexity index is 541. The quantitative estimate of drug-likeness (QED) is 0.942. The minimum atomic E-state index is -0.0753. The number of aliphatic hydroxyl groups is 1. The molecule has 20 heavy (non-hydrogen) atoms. The van der Waals surface area contributed by atoms with Crippen LogP contribution < -0.4 is 0 Å². The fourth-order valence-corrected chi connectivity index (χ4v) is 4.02. The van der Waals surface area contributed by atoms with Crippen molar-refractivity contribution in [3.8, 4) is 10.6 Å². The molecule has 0 bridgehead atoms. The van der Waals surface area contributed by atoms with Crippen LogP contribution in [0.4, 0.5) is 0 Å². The highest BCUT2D eigenvalue weighted by atomic mass is 32.1. The number of hydrogen-bond acceptors (Lipinski definition) is 6. The summed E-state index contributed by atoms with van der Waals surface area (Å²) in [6, 6.07) is 2.10. The molecule has 1 aliphatic rings. The molecule has 2 atom stereocenters. The van der Waals surface area contributed by atoms with Gasteiger partial charge in [0.15, 0.2) is 0 Å². The molecule has 0 radical (unpaired) electrons. The second kappa shape index (κ2) is 6.32. The highest BCUT2D eigenvalue weighted by molar-refractivity contribution is 7.14. The van der Waals surface area contributed by atoms with Crippen LogP contribution >= 0.6 is 22.7 Å². The number of aromatic nitrogens is 1. The second-order valence-electron chi connectivity index (χ2n) is 5.10. The van der Waals surface area contributed by atoms with E-state index >= 15 is 0 Å². The Morgan fingerprint density at radius 2 is 2.35 bits per heavy atom. The number of ether oxygens (including phenoxy) is 1. The lowest BCUT2D eigenvalue weighted by atomic mass is 10.2. The Hall–Kier alpha value is -0.790.